The summed E-state index contributed by atoms with van der Waals surface area (Å²) in [6.07, 6.45) is 4.64. The molecule has 0 saturated heterocycles. The first kappa shape index (κ1) is 19.6. The van der Waals surface area contributed by atoms with Gasteiger partial charge >= 0.3 is 0 Å². The van der Waals surface area contributed by atoms with Crippen LogP contribution in [-0.4, -0.2) is 21.0 Å². The summed E-state index contributed by atoms with van der Waals surface area (Å²) in [5, 5.41) is 5.12. The zero-order valence-electron chi connectivity index (χ0n) is 17.0. The molecule has 4 nitrogen and oxygen atoms in total. The van der Waals surface area contributed by atoms with Gasteiger partial charge in [0.05, 0.1) is 12.1 Å². The molecule has 0 spiro atoms. The average Bonchev–Trinajstić information content (AvgIpc) is 3.22. The molecule has 1 aliphatic carbocycles. The number of aryl methyl sites for hydroxylation is 2. The molecule has 4 rings (SSSR count). The van der Waals surface area contributed by atoms with Crippen LogP contribution in [0, 0.1) is 13.8 Å². The lowest BCUT2D eigenvalue weighted by molar-refractivity contribution is 0.311. The van der Waals surface area contributed by atoms with E-state index in [2.05, 4.69) is 34.3 Å². The number of rotatable bonds is 4. The summed E-state index contributed by atoms with van der Waals surface area (Å²) in [4.78, 5) is 18.2. The van der Waals surface area contributed by atoms with Crippen LogP contribution in [0.2, 0.25) is 0 Å². The molecule has 1 saturated carbocycles. The minimum Gasteiger partial charge on any atom is -0.342 e. The van der Waals surface area contributed by atoms with Crippen molar-refractivity contribution in [2.75, 3.05) is 5.32 Å². The van der Waals surface area contributed by atoms with Crippen molar-refractivity contribution in [2.24, 2.45) is 0 Å². The first-order valence-electron chi connectivity index (χ1n) is 10.3. The van der Waals surface area contributed by atoms with Crippen LogP contribution in [0.15, 0.2) is 53.3 Å². The Morgan fingerprint density at radius 2 is 1.86 bits per heavy atom. The molecule has 2 N–H and O–H groups in total. The second-order valence-corrected chi connectivity index (χ2v) is 8.42. The molecule has 0 unspecified atom stereocenters. The molecular formula is C24H27N3OS. The Labute approximate surface area is 176 Å². The maximum atomic E-state index is 12.9. The second-order valence-electron chi connectivity index (χ2n) is 8.03. The van der Waals surface area contributed by atoms with Crippen LogP contribution in [0.25, 0.3) is 10.9 Å². The molecule has 2 aromatic carbocycles. The molecule has 29 heavy (non-hydrogen) atoms. The van der Waals surface area contributed by atoms with Crippen molar-refractivity contribution in [2.45, 2.75) is 52.1 Å². The summed E-state index contributed by atoms with van der Waals surface area (Å²) in [7, 11) is 0. The normalized spacial score (nSPS) is 14.3. The predicted octanol–water partition coefficient (Wildman–Crippen LogP) is 5.29. The molecule has 1 aliphatic rings. The highest BCUT2D eigenvalue weighted by atomic mass is 32.1. The molecule has 5 heteroatoms. The number of para-hydroxylation sites is 1. The zero-order chi connectivity index (χ0) is 20.4. The Kier molecular flexibility index (Phi) is 5.67. The van der Waals surface area contributed by atoms with E-state index >= 15 is 0 Å². The van der Waals surface area contributed by atoms with Crippen molar-refractivity contribution in [1.82, 2.24) is 9.88 Å². The van der Waals surface area contributed by atoms with Gasteiger partial charge in [-0.3, -0.25) is 4.79 Å². The Morgan fingerprint density at radius 3 is 2.59 bits per heavy atom. The van der Waals surface area contributed by atoms with Gasteiger partial charge in [0.15, 0.2) is 5.11 Å². The molecule has 0 amide bonds. The third kappa shape index (κ3) is 4.35. The molecule has 150 valence electrons. The Balaban J connectivity index is 1.66. The molecule has 1 fully saturated rings. The lowest BCUT2D eigenvalue weighted by Gasteiger charge is -2.31. The third-order valence-electron chi connectivity index (χ3n) is 5.76. The largest absolute Gasteiger partial charge is 0.342 e. The fourth-order valence-corrected chi connectivity index (χ4v) is 4.66. The van der Waals surface area contributed by atoms with Crippen LogP contribution in [0.5, 0.6) is 0 Å². The van der Waals surface area contributed by atoms with Gasteiger partial charge in [0, 0.05) is 17.3 Å². The van der Waals surface area contributed by atoms with E-state index in [0.717, 1.165) is 40.6 Å². The van der Waals surface area contributed by atoms with Gasteiger partial charge in [-0.2, -0.15) is 0 Å². The molecule has 3 aromatic rings. The zero-order valence-corrected chi connectivity index (χ0v) is 17.8. The van der Waals surface area contributed by atoms with Gasteiger partial charge in [-0.1, -0.05) is 42.7 Å². The summed E-state index contributed by atoms with van der Waals surface area (Å²) >= 11 is 5.78. The van der Waals surface area contributed by atoms with Crippen molar-refractivity contribution in [1.29, 1.82) is 0 Å². The molecule has 0 bridgehead atoms. The number of hydrogen-bond donors (Lipinski definition) is 2. The number of nitrogens with zero attached hydrogens (tertiary/aromatic N) is 1. The van der Waals surface area contributed by atoms with Crippen LogP contribution in [0.1, 0.15) is 42.4 Å². The quantitative estimate of drug-likeness (QED) is 0.579. The number of nitrogens with one attached hydrogen (secondary N) is 2. The van der Waals surface area contributed by atoms with E-state index in [0.29, 0.717) is 17.7 Å². The van der Waals surface area contributed by atoms with Crippen molar-refractivity contribution >= 4 is 33.9 Å². The number of anilines is 1. The van der Waals surface area contributed by atoms with Gasteiger partial charge in [-0.05, 0) is 74.1 Å². The molecule has 1 heterocycles. The number of thiocarbonyl (C=S) groups is 1. The summed E-state index contributed by atoms with van der Waals surface area (Å²) < 4.78 is 0. The van der Waals surface area contributed by atoms with Gasteiger partial charge in [0.25, 0.3) is 5.56 Å². The standard InChI is InChI=1S/C24H27N3OS/c1-16-12-17(2)22-18(13-16)14-19(23(28)26-22)15-27(21-10-6-7-11-21)24(29)25-20-8-4-3-5-9-20/h3-5,8-9,12-14,21H,6-7,10-11,15H2,1-2H3,(H,25,29)(H,26,28). The fraction of sp³-hybridized carbons (Fsp3) is 0.333. The maximum absolute atomic E-state index is 12.9. The smallest absolute Gasteiger partial charge is 0.253 e. The number of fused-ring (bicyclic) bond motifs is 1. The van der Waals surface area contributed by atoms with Crippen LogP contribution < -0.4 is 10.9 Å². The van der Waals surface area contributed by atoms with Gasteiger partial charge in [-0.25, -0.2) is 0 Å². The Bertz CT molecular complexity index is 1080. The van der Waals surface area contributed by atoms with Gasteiger partial charge in [-0.15, -0.1) is 0 Å². The molecule has 0 radical (unpaired) electrons. The van der Waals surface area contributed by atoms with E-state index in [9.17, 15) is 4.79 Å². The van der Waals surface area contributed by atoms with Crippen molar-refractivity contribution < 1.29 is 0 Å². The van der Waals surface area contributed by atoms with Crippen molar-refractivity contribution in [3.05, 3.63) is 75.6 Å². The number of hydrogen-bond acceptors (Lipinski definition) is 2. The van der Waals surface area contributed by atoms with E-state index in [-0.39, 0.29) is 5.56 Å². The highest BCUT2D eigenvalue weighted by Gasteiger charge is 2.25. The maximum Gasteiger partial charge on any atom is 0.253 e. The fourth-order valence-electron chi connectivity index (χ4n) is 4.33. The molecule has 1 aromatic heterocycles. The van der Waals surface area contributed by atoms with E-state index in [1.807, 2.05) is 43.3 Å². The summed E-state index contributed by atoms with van der Waals surface area (Å²) in [5.41, 5.74) is 4.90. The van der Waals surface area contributed by atoms with Crippen molar-refractivity contribution in [3.63, 3.8) is 0 Å². The topological polar surface area (TPSA) is 48.1 Å². The second kappa shape index (κ2) is 8.37. The van der Waals surface area contributed by atoms with Crippen LogP contribution >= 0.6 is 12.2 Å². The SMILES string of the molecule is Cc1cc(C)c2[nH]c(=O)c(CN(C(=S)Nc3ccccc3)C3CCCC3)cc2c1. The summed E-state index contributed by atoms with van der Waals surface area (Å²) in [6, 6.07) is 16.6. The first-order chi connectivity index (χ1) is 14.0. The first-order valence-corrected chi connectivity index (χ1v) is 10.7. The minimum absolute atomic E-state index is 0.0324. The highest BCUT2D eigenvalue weighted by Crippen LogP contribution is 2.26. The van der Waals surface area contributed by atoms with Gasteiger partial charge in [0.1, 0.15) is 0 Å². The predicted molar refractivity (Wildman–Crippen MR) is 125 cm³/mol. The van der Waals surface area contributed by atoms with Crippen LogP contribution in [-0.2, 0) is 6.54 Å². The van der Waals surface area contributed by atoms with Crippen molar-refractivity contribution in [3.8, 4) is 0 Å². The van der Waals surface area contributed by atoms with Gasteiger partial charge < -0.3 is 15.2 Å². The number of aromatic nitrogens is 1. The van der Waals surface area contributed by atoms with Crippen LogP contribution in [0.4, 0.5) is 5.69 Å². The van der Waals surface area contributed by atoms with Crippen LogP contribution in [0.3, 0.4) is 0 Å². The molecule has 0 atom stereocenters. The monoisotopic (exact) mass is 405 g/mol. The average molecular weight is 406 g/mol. The Hall–Kier alpha value is -2.66. The van der Waals surface area contributed by atoms with E-state index in [1.54, 1.807) is 0 Å². The number of H-pyrrole nitrogens is 1. The summed E-state index contributed by atoms with van der Waals surface area (Å²) in [5.74, 6) is 0. The lowest BCUT2D eigenvalue weighted by Crippen LogP contribution is -2.42. The van der Waals surface area contributed by atoms with E-state index in [4.69, 9.17) is 12.2 Å². The number of aromatic amines is 1. The highest BCUT2D eigenvalue weighted by molar-refractivity contribution is 7.80. The summed E-state index contributed by atoms with van der Waals surface area (Å²) in [6.45, 7) is 4.64. The third-order valence-corrected chi connectivity index (χ3v) is 6.10. The minimum atomic E-state index is -0.0324. The van der Waals surface area contributed by atoms with E-state index < -0.39 is 0 Å². The Morgan fingerprint density at radius 1 is 1.14 bits per heavy atom. The molecule has 0 aliphatic heterocycles. The molecular weight excluding hydrogens is 378 g/mol. The number of pyridine rings is 1. The lowest BCUT2D eigenvalue weighted by atomic mass is 10.0. The van der Waals surface area contributed by atoms with E-state index in [1.165, 1.54) is 18.4 Å². The number of benzene rings is 2. The van der Waals surface area contributed by atoms with Gasteiger partial charge in [0.2, 0.25) is 0 Å².